The normalized spacial score (nSPS) is 10.9. The number of rotatable bonds is 5. The van der Waals surface area contributed by atoms with Crippen LogP contribution in [0.2, 0.25) is 5.02 Å². The van der Waals surface area contributed by atoms with Crippen molar-refractivity contribution >= 4 is 28.9 Å². The predicted molar refractivity (Wildman–Crippen MR) is 84.6 cm³/mol. The van der Waals surface area contributed by atoms with Crippen LogP contribution >= 0.6 is 22.9 Å². The van der Waals surface area contributed by atoms with E-state index in [2.05, 4.69) is 4.98 Å². The minimum atomic E-state index is -0.958. The molecular weight excluding hydrogens is 310 g/mol. The molecule has 0 spiro atoms. The highest BCUT2D eigenvalue weighted by Gasteiger charge is 2.22. The molecule has 1 aromatic carbocycles. The third-order valence-electron chi connectivity index (χ3n) is 2.90. The molecule has 2 rings (SSSR count). The number of carboxylic acid groups (broad SMARTS) is 1. The van der Waals surface area contributed by atoms with Crippen molar-refractivity contribution in [1.82, 2.24) is 4.98 Å². The Labute approximate surface area is 132 Å². The molecule has 2 aromatic rings. The quantitative estimate of drug-likeness (QED) is 0.886. The summed E-state index contributed by atoms with van der Waals surface area (Å²) in [7, 11) is 1.55. The van der Waals surface area contributed by atoms with Crippen molar-refractivity contribution in [2.45, 2.75) is 20.3 Å². The van der Waals surface area contributed by atoms with Gasteiger partial charge in [-0.1, -0.05) is 31.5 Å². The van der Waals surface area contributed by atoms with Gasteiger partial charge in [0, 0.05) is 0 Å². The molecule has 0 amide bonds. The Bertz CT molecular complexity index is 667. The average Bonchev–Trinajstić information content (AvgIpc) is 2.81. The van der Waals surface area contributed by atoms with Crippen LogP contribution in [0.4, 0.5) is 0 Å². The van der Waals surface area contributed by atoms with Crippen molar-refractivity contribution < 1.29 is 14.6 Å². The van der Waals surface area contributed by atoms with E-state index in [1.54, 1.807) is 25.3 Å². The van der Waals surface area contributed by atoms with E-state index < -0.39 is 5.97 Å². The fourth-order valence-electron chi connectivity index (χ4n) is 2.03. The number of benzene rings is 1. The fraction of sp³-hybridized carbons (Fsp3) is 0.333. The van der Waals surface area contributed by atoms with Gasteiger partial charge in [0.2, 0.25) is 0 Å². The van der Waals surface area contributed by atoms with Crippen LogP contribution in [-0.4, -0.2) is 23.2 Å². The van der Waals surface area contributed by atoms with E-state index >= 15 is 0 Å². The lowest BCUT2D eigenvalue weighted by Crippen LogP contribution is -2.02. The second-order valence-electron chi connectivity index (χ2n) is 5.02. The summed E-state index contributed by atoms with van der Waals surface area (Å²) >= 11 is 7.36. The highest BCUT2D eigenvalue weighted by molar-refractivity contribution is 7.17. The number of aromatic nitrogens is 1. The molecule has 0 aliphatic rings. The summed E-state index contributed by atoms with van der Waals surface area (Å²) in [5.74, 6) is -0.0455. The van der Waals surface area contributed by atoms with Crippen molar-refractivity contribution in [2.24, 2.45) is 5.92 Å². The molecule has 0 saturated heterocycles. The van der Waals surface area contributed by atoms with Gasteiger partial charge in [-0.3, -0.25) is 0 Å². The van der Waals surface area contributed by atoms with Gasteiger partial charge >= 0.3 is 5.97 Å². The summed E-state index contributed by atoms with van der Waals surface area (Å²) in [5.41, 5.74) is 1.24. The fourth-order valence-corrected chi connectivity index (χ4v) is 3.34. The van der Waals surface area contributed by atoms with E-state index in [9.17, 15) is 9.90 Å². The number of nitrogens with zero attached hydrogens (tertiary/aromatic N) is 1. The maximum atomic E-state index is 11.4. The largest absolute Gasteiger partial charge is 0.496 e. The van der Waals surface area contributed by atoms with E-state index in [4.69, 9.17) is 16.3 Å². The molecule has 1 heterocycles. The van der Waals surface area contributed by atoms with Crippen molar-refractivity contribution in [1.29, 1.82) is 0 Å². The Hall–Kier alpha value is -1.59. The topological polar surface area (TPSA) is 59.4 Å². The molecule has 112 valence electrons. The van der Waals surface area contributed by atoms with Crippen LogP contribution in [0.15, 0.2) is 18.2 Å². The summed E-state index contributed by atoms with van der Waals surface area (Å²) in [6, 6.07) is 5.31. The van der Waals surface area contributed by atoms with E-state index in [-0.39, 0.29) is 4.88 Å². The monoisotopic (exact) mass is 325 g/mol. The van der Waals surface area contributed by atoms with Crippen LogP contribution < -0.4 is 4.74 Å². The molecule has 21 heavy (non-hydrogen) atoms. The Morgan fingerprint density at radius 1 is 1.48 bits per heavy atom. The first-order chi connectivity index (χ1) is 9.93. The molecule has 0 saturated carbocycles. The lowest BCUT2D eigenvalue weighted by molar-refractivity contribution is 0.0700. The summed E-state index contributed by atoms with van der Waals surface area (Å²) in [4.78, 5) is 16.1. The number of carbonyl (C=O) groups is 1. The zero-order valence-electron chi connectivity index (χ0n) is 12.0. The van der Waals surface area contributed by atoms with Crippen LogP contribution in [0.5, 0.6) is 5.75 Å². The molecule has 0 bridgehead atoms. The molecule has 0 radical (unpaired) electrons. The predicted octanol–water partition coefficient (Wildman–Crippen LogP) is 4.37. The number of hydrogen-bond acceptors (Lipinski definition) is 4. The SMILES string of the molecule is COc1cccc(Cl)c1-c1nc(CC(C)C)c(C(=O)O)s1. The number of thiazole rings is 1. The molecule has 0 aliphatic carbocycles. The zero-order valence-corrected chi connectivity index (χ0v) is 13.6. The first-order valence-corrected chi connectivity index (χ1v) is 7.69. The second-order valence-corrected chi connectivity index (χ2v) is 6.42. The maximum Gasteiger partial charge on any atom is 0.347 e. The van der Waals surface area contributed by atoms with Crippen molar-refractivity contribution in [3.8, 4) is 16.3 Å². The molecule has 4 nitrogen and oxygen atoms in total. The standard InChI is InChI=1S/C15H16ClNO3S/c1-8(2)7-10-13(15(18)19)21-14(17-10)12-9(16)5-4-6-11(12)20-3/h4-6,8H,7H2,1-3H3,(H,18,19). The highest BCUT2D eigenvalue weighted by atomic mass is 35.5. The van der Waals surface area contributed by atoms with Crippen molar-refractivity contribution in [3.05, 3.63) is 33.8 Å². The number of carboxylic acids is 1. The van der Waals surface area contributed by atoms with Gasteiger partial charge in [-0.05, 0) is 24.5 Å². The summed E-state index contributed by atoms with van der Waals surface area (Å²) in [5, 5.41) is 10.4. The van der Waals surface area contributed by atoms with Crippen LogP contribution in [0, 0.1) is 5.92 Å². The van der Waals surface area contributed by atoms with Gasteiger partial charge in [0.25, 0.3) is 0 Å². The first-order valence-electron chi connectivity index (χ1n) is 6.50. The van der Waals surface area contributed by atoms with Gasteiger partial charge in [0.1, 0.15) is 15.6 Å². The van der Waals surface area contributed by atoms with Crippen LogP contribution in [0.3, 0.4) is 0 Å². The Kier molecular flexibility index (Phi) is 4.85. The zero-order chi connectivity index (χ0) is 15.6. The third-order valence-corrected chi connectivity index (χ3v) is 4.32. The molecule has 0 atom stereocenters. The maximum absolute atomic E-state index is 11.4. The van der Waals surface area contributed by atoms with E-state index in [1.807, 2.05) is 13.8 Å². The molecule has 0 fully saturated rings. The molecule has 1 aromatic heterocycles. The minimum absolute atomic E-state index is 0.265. The van der Waals surface area contributed by atoms with E-state index in [0.29, 0.717) is 39.4 Å². The minimum Gasteiger partial charge on any atom is -0.496 e. The molecule has 0 aliphatic heterocycles. The second kappa shape index (κ2) is 6.45. The lowest BCUT2D eigenvalue weighted by Gasteiger charge is -2.07. The molecule has 0 unspecified atom stereocenters. The van der Waals surface area contributed by atoms with Crippen LogP contribution in [0.25, 0.3) is 10.6 Å². The van der Waals surface area contributed by atoms with Gasteiger partial charge in [-0.15, -0.1) is 11.3 Å². The van der Waals surface area contributed by atoms with Crippen LogP contribution in [-0.2, 0) is 6.42 Å². The van der Waals surface area contributed by atoms with Gasteiger partial charge in [0.15, 0.2) is 0 Å². The van der Waals surface area contributed by atoms with Gasteiger partial charge < -0.3 is 9.84 Å². The average molecular weight is 326 g/mol. The number of ether oxygens (including phenoxy) is 1. The number of halogens is 1. The first kappa shape index (κ1) is 15.8. The van der Waals surface area contributed by atoms with Crippen LogP contribution in [0.1, 0.15) is 29.2 Å². The number of methoxy groups -OCH3 is 1. The third kappa shape index (κ3) is 3.36. The lowest BCUT2D eigenvalue weighted by atomic mass is 10.1. The Morgan fingerprint density at radius 3 is 2.76 bits per heavy atom. The van der Waals surface area contributed by atoms with Gasteiger partial charge in [-0.25, -0.2) is 9.78 Å². The summed E-state index contributed by atoms with van der Waals surface area (Å²) < 4.78 is 5.31. The molecule has 6 heteroatoms. The van der Waals surface area contributed by atoms with E-state index in [1.165, 1.54) is 0 Å². The van der Waals surface area contributed by atoms with Crippen molar-refractivity contribution in [2.75, 3.05) is 7.11 Å². The molecular formula is C15H16ClNO3S. The number of hydrogen-bond donors (Lipinski definition) is 1. The Morgan fingerprint density at radius 2 is 2.19 bits per heavy atom. The van der Waals surface area contributed by atoms with Gasteiger partial charge in [-0.2, -0.15) is 0 Å². The number of aromatic carboxylic acids is 1. The summed E-state index contributed by atoms with van der Waals surface area (Å²) in [6.45, 7) is 4.06. The summed E-state index contributed by atoms with van der Waals surface area (Å²) in [6.07, 6.45) is 0.616. The smallest absolute Gasteiger partial charge is 0.347 e. The van der Waals surface area contributed by atoms with Crippen molar-refractivity contribution in [3.63, 3.8) is 0 Å². The highest BCUT2D eigenvalue weighted by Crippen LogP contribution is 2.39. The Balaban J connectivity index is 2.58. The van der Waals surface area contributed by atoms with Gasteiger partial charge in [0.05, 0.1) is 23.4 Å². The molecule has 1 N–H and O–H groups in total. The van der Waals surface area contributed by atoms with E-state index in [0.717, 1.165) is 11.3 Å².